The van der Waals surface area contributed by atoms with Crippen LogP contribution in [0.15, 0.2) is 15.5 Å². The SMILES string of the molecule is CCOC(=O)C(=NOC)c1csc(=NC=O)n1OCC. The Bertz CT molecular complexity index is 561. The van der Waals surface area contributed by atoms with Crippen molar-refractivity contribution < 1.29 is 24.0 Å². The van der Waals surface area contributed by atoms with Crippen LogP contribution in [0.4, 0.5) is 0 Å². The Morgan fingerprint density at radius 3 is 2.75 bits per heavy atom. The minimum absolute atomic E-state index is 0.0635. The van der Waals surface area contributed by atoms with Crippen molar-refractivity contribution in [1.82, 2.24) is 4.73 Å². The van der Waals surface area contributed by atoms with Crippen LogP contribution in [0, 0.1) is 0 Å². The van der Waals surface area contributed by atoms with Gasteiger partial charge < -0.3 is 14.4 Å². The maximum absolute atomic E-state index is 11.9. The number of nitrogens with zero attached hydrogens (tertiary/aromatic N) is 3. The number of ether oxygens (including phenoxy) is 1. The summed E-state index contributed by atoms with van der Waals surface area (Å²) in [7, 11) is 1.31. The smallest absolute Gasteiger partial charge is 0.362 e. The van der Waals surface area contributed by atoms with Crippen molar-refractivity contribution in [3.63, 3.8) is 0 Å². The standard InChI is InChI=1S/C11H15N3O5S/c1-4-18-10(16)9(13-17-3)8-6-20-11(12-7-15)14(8)19-5-2/h6-7H,4-5H2,1-3H3. The van der Waals surface area contributed by atoms with Crippen molar-refractivity contribution in [3.8, 4) is 0 Å². The Kier molecular flexibility index (Phi) is 6.44. The van der Waals surface area contributed by atoms with Gasteiger partial charge in [-0.3, -0.25) is 4.79 Å². The Labute approximate surface area is 119 Å². The third kappa shape index (κ3) is 3.67. The number of hydrogen-bond acceptors (Lipinski definition) is 7. The van der Waals surface area contributed by atoms with Crippen LogP contribution in [-0.4, -0.2) is 43.1 Å². The van der Waals surface area contributed by atoms with Crippen molar-refractivity contribution in [1.29, 1.82) is 0 Å². The van der Waals surface area contributed by atoms with E-state index in [1.165, 1.54) is 11.8 Å². The predicted octanol–water partition coefficient (Wildman–Crippen LogP) is -0.0312. The second kappa shape index (κ2) is 8.10. The number of aromatic nitrogens is 1. The number of amides is 1. The van der Waals surface area contributed by atoms with Crippen LogP contribution < -0.4 is 9.64 Å². The molecule has 0 saturated heterocycles. The summed E-state index contributed by atoms with van der Waals surface area (Å²) >= 11 is 1.13. The van der Waals surface area contributed by atoms with Gasteiger partial charge in [-0.15, -0.1) is 11.3 Å². The third-order valence-electron chi connectivity index (χ3n) is 1.98. The van der Waals surface area contributed by atoms with E-state index in [0.29, 0.717) is 18.7 Å². The van der Waals surface area contributed by atoms with Gasteiger partial charge in [0.2, 0.25) is 16.9 Å². The monoisotopic (exact) mass is 301 g/mol. The fraction of sp³-hybridized carbons (Fsp3) is 0.455. The van der Waals surface area contributed by atoms with Crippen molar-refractivity contribution in [3.05, 3.63) is 15.9 Å². The second-order valence-electron chi connectivity index (χ2n) is 3.19. The van der Waals surface area contributed by atoms with E-state index in [-0.39, 0.29) is 17.1 Å². The van der Waals surface area contributed by atoms with Crippen LogP contribution in [0.25, 0.3) is 0 Å². The summed E-state index contributed by atoms with van der Waals surface area (Å²) in [6.07, 6.45) is 0.392. The molecule has 0 unspecified atom stereocenters. The lowest BCUT2D eigenvalue weighted by molar-refractivity contribution is -0.135. The summed E-state index contributed by atoms with van der Waals surface area (Å²) in [5.74, 6) is -0.654. The van der Waals surface area contributed by atoms with Crippen molar-refractivity contribution >= 4 is 29.4 Å². The van der Waals surface area contributed by atoms with Gasteiger partial charge in [-0.1, -0.05) is 5.16 Å². The van der Waals surface area contributed by atoms with Crippen LogP contribution in [0.2, 0.25) is 0 Å². The number of carbonyl (C=O) groups excluding carboxylic acids is 2. The molecule has 0 bridgehead atoms. The van der Waals surface area contributed by atoms with Gasteiger partial charge in [-0.05, 0) is 13.8 Å². The summed E-state index contributed by atoms with van der Waals surface area (Å²) in [5, 5.41) is 5.22. The predicted molar refractivity (Wildman–Crippen MR) is 71.2 cm³/mol. The molecule has 1 amide bonds. The van der Waals surface area contributed by atoms with E-state index in [1.807, 2.05) is 0 Å². The molecule has 1 rings (SSSR count). The largest absolute Gasteiger partial charge is 0.461 e. The van der Waals surface area contributed by atoms with E-state index in [0.717, 1.165) is 11.3 Å². The molecular weight excluding hydrogens is 286 g/mol. The lowest BCUT2D eigenvalue weighted by Gasteiger charge is -2.09. The molecule has 0 aliphatic carbocycles. The fourth-order valence-electron chi connectivity index (χ4n) is 1.32. The zero-order chi connectivity index (χ0) is 15.0. The first-order valence-corrected chi connectivity index (χ1v) is 6.67. The fourth-order valence-corrected chi connectivity index (χ4v) is 2.10. The molecule has 0 atom stereocenters. The normalized spacial score (nSPS) is 12.2. The molecule has 0 saturated carbocycles. The highest BCUT2D eigenvalue weighted by molar-refractivity contribution is 7.07. The molecule has 110 valence electrons. The van der Waals surface area contributed by atoms with E-state index >= 15 is 0 Å². The number of rotatable bonds is 7. The molecule has 0 N–H and O–H groups in total. The molecular formula is C11H15N3O5S. The first-order chi connectivity index (χ1) is 9.69. The van der Waals surface area contributed by atoms with Gasteiger partial charge in [0, 0.05) is 5.38 Å². The van der Waals surface area contributed by atoms with Crippen LogP contribution in [0.1, 0.15) is 19.5 Å². The first kappa shape index (κ1) is 15.9. The maximum atomic E-state index is 11.9. The molecule has 0 radical (unpaired) electrons. The zero-order valence-corrected chi connectivity index (χ0v) is 12.2. The van der Waals surface area contributed by atoms with Crippen LogP contribution in [0.3, 0.4) is 0 Å². The summed E-state index contributed by atoms with van der Waals surface area (Å²) in [6, 6.07) is 0. The lowest BCUT2D eigenvalue weighted by Crippen LogP contribution is -2.30. The van der Waals surface area contributed by atoms with Gasteiger partial charge in [0.05, 0.1) is 6.61 Å². The summed E-state index contributed by atoms with van der Waals surface area (Å²) in [6.45, 7) is 3.96. The van der Waals surface area contributed by atoms with Gasteiger partial charge in [-0.25, -0.2) is 4.79 Å². The summed E-state index contributed by atoms with van der Waals surface area (Å²) in [5.41, 5.74) is 0.240. The maximum Gasteiger partial charge on any atom is 0.362 e. The number of esters is 1. The van der Waals surface area contributed by atoms with Gasteiger partial charge in [0.1, 0.15) is 19.4 Å². The summed E-state index contributed by atoms with van der Waals surface area (Å²) < 4.78 is 6.14. The topological polar surface area (TPSA) is 91.5 Å². The Morgan fingerprint density at radius 2 is 2.20 bits per heavy atom. The first-order valence-electron chi connectivity index (χ1n) is 5.79. The molecule has 1 aromatic rings. The highest BCUT2D eigenvalue weighted by atomic mass is 32.1. The lowest BCUT2D eigenvalue weighted by atomic mass is 10.3. The third-order valence-corrected chi connectivity index (χ3v) is 2.81. The minimum Gasteiger partial charge on any atom is -0.461 e. The molecule has 1 heterocycles. The highest BCUT2D eigenvalue weighted by Gasteiger charge is 2.22. The Hall–Kier alpha value is -2.16. The van der Waals surface area contributed by atoms with E-state index in [4.69, 9.17) is 9.57 Å². The minimum atomic E-state index is -0.654. The molecule has 9 heteroatoms. The van der Waals surface area contributed by atoms with Gasteiger partial charge in [0.25, 0.3) is 0 Å². The number of hydrogen-bond donors (Lipinski definition) is 0. The van der Waals surface area contributed by atoms with E-state index in [9.17, 15) is 9.59 Å². The van der Waals surface area contributed by atoms with Gasteiger partial charge in [-0.2, -0.15) is 9.72 Å². The molecule has 8 nitrogen and oxygen atoms in total. The average molecular weight is 301 g/mol. The molecule has 0 aliphatic heterocycles. The van der Waals surface area contributed by atoms with Crippen molar-refractivity contribution in [2.45, 2.75) is 13.8 Å². The number of oxime groups is 1. The molecule has 0 aromatic carbocycles. The molecule has 0 aliphatic rings. The van der Waals surface area contributed by atoms with Gasteiger partial charge in [0.15, 0.2) is 0 Å². The van der Waals surface area contributed by atoms with Crippen LogP contribution >= 0.6 is 11.3 Å². The van der Waals surface area contributed by atoms with Crippen LogP contribution in [0.5, 0.6) is 0 Å². The van der Waals surface area contributed by atoms with E-state index in [1.54, 1.807) is 19.2 Å². The molecule has 0 fully saturated rings. The Balaban J connectivity index is 3.34. The van der Waals surface area contributed by atoms with Gasteiger partial charge >= 0.3 is 5.97 Å². The highest BCUT2D eigenvalue weighted by Crippen LogP contribution is 2.05. The van der Waals surface area contributed by atoms with Crippen LogP contribution in [-0.2, 0) is 19.2 Å². The van der Waals surface area contributed by atoms with E-state index in [2.05, 4.69) is 15.0 Å². The van der Waals surface area contributed by atoms with Crippen molar-refractivity contribution in [2.75, 3.05) is 20.3 Å². The zero-order valence-electron chi connectivity index (χ0n) is 11.4. The number of carbonyl (C=O) groups is 2. The molecule has 1 aromatic heterocycles. The molecule has 20 heavy (non-hydrogen) atoms. The average Bonchev–Trinajstić information content (AvgIpc) is 2.80. The van der Waals surface area contributed by atoms with Crippen molar-refractivity contribution in [2.24, 2.45) is 10.1 Å². The quantitative estimate of drug-likeness (QED) is 0.305. The summed E-state index contributed by atoms with van der Waals surface area (Å²) in [4.78, 5) is 36.3. The molecule has 0 spiro atoms. The van der Waals surface area contributed by atoms with E-state index < -0.39 is 5.97 Å². The number of thiazole rings is 1. The Morgan fingerprint density at radius 1 is 1.45 bits per heavy atom. The second-order valence-corrected chi connectivity index (χ2v) is 4.03.